The maximum absolute atomic E-state index is 12.0. The molecule has 0 saturated carbocycles. The first kappa shape index (κ1) is 22.2. The number of hydrogen-bond acceptors (Lipinski definition) is 4. The zero-order valence-electron chi connectivity index (χ0n) is 14.7. The summed E-state index contributed by atoms with van der Waals surface area (Å²) in [5, 5.41) is 5.48. The van der Waals surface area contributed by atoms with E-state index in [-0.39, 0.29) is 42.7 Å². The van der Waals surface area contributed by atoms with Crippen molar-refractivity contribution < 1.29 is 14.3 Å². The lowest BCUT2D eigenvalue weighted by Gasteiger charge is -2.19. The van der Waals surface area contributed by atoms with Crippen molar-refractivity contribution >= 4 is 24.2 Å². The Balaban J connectivity index is 0.00000529. The van der Waals surface area contributed by atoms with Crippen molar-refractivity contribution in [3.8, 4) is 5.75 Å². The van der Waals surface area contributed by atoms with Crippen molar-refractivity contribution in [3.05, 3.63) is 29.8 Å². The molecule has 0 radical (unpaired) electrons. The van der Waals surface area contributed by atoms with Crippen molar-refractivity contribution in [2.24, 2.45) is 11.7 Å². The van der Waals surface area contributed by atoms with Crippen LogP contribution in [-0.2, 0) is 9.59 Å². The molecule has 2 amide bonds. The van der Waals surface area contributed by atoms with Crippen molar-refractivity contribution in [2.45, 2.75) is 39.3 Å². The van der Waals surface area contributed by atoms with E-state index in [1.165, 1.54) is 0 Å². The minimum atomic E-state index is -0.605. The normalized spacial score (nSPS) is 12.8. The van der Waals surface area contributed by atoms with Gasteiger partial charge in [0.2, 0.25) is 11.8 Å². The number of ether oxygens (including phenoxy) is 1. The molecule has 0 spiro atoms. The van der Waals surface area contributed by atoms with Gasteiger partial charge in [-0.05, 0) is 30.0 Å². The topological polar surface area (TPSA) is 93.5 Å². The summed E-state index contributed by atoms with van der Waals surface area (Å²) in [6, 6.07) is 6.83. The van der Waals surface area contributed by atoms with E-state index in [1.54, 1.807) is 7.11 Å². The highest BCUT2D eigenvalue weighted by molar-refractivity contribution is 5.87. The fourth-order valence-corrected chi connectivity index (χ4v) is 2.09. The van der Waals surface area contributed by atoms with Crippen LogP contribution in [0.3, 0.4) is 0 Å². The van der Waals surface area contributed by atoms with Crippen LogP contribution in [0.4, 0.5) is 0 Å². The highest BCUT2D eigenvalue weighted by atomic mass is 35.5. The van der Waals surface area contributed by atoms with Gasteiger partial charge in [0.25, 0.3) is 0 Å². The molecule has 1 unspecified atom stereocenters. The minimum absolute atomic E-state index is 0. The van der Waals surface area contributed by atoms with Crippen molar-refractivity contribution in [3.63, 3.8) is 0 Å². The van der Waals surface area contributed by atoms with Gasteiger partial charge < -0.3 is 21.1 Å². The average molecular weight is 358 g/mol. The van der Waals surface area contributed by atoms with Gasteiger partial charge >= 0.3 is 0 Å². The van der Waals surface area contributed by atoms with Gasteiger partial charge in [-0.15, -0.1) is 12.4 Å². The molecule has 0 heterocycles. The number of carbonyl (C=O) groups excluding carboxylic acids is 2. The first-order valence-electron chi connectivity index (χ1n) is 7.85. The van der Waals surface area contributed by atoms with Crippen LogP contribution in [0.1, 0.15) is 38.8 Å². The van der Waals surface area contributed by atoms with E-state index in [9.17, 15) is 9.59 Å². The van der Waals surface area contributed by atoms with Crippen LogP contribution in [-0.4, -0.2) is 31.5 Å². The summed E-state index contributed by atoms with van der Waals surface area (Å²) in [5.41, 5.74) is 6.73. The number of rotatable bonds is 8. The largest absolute Gasteiger partial charge is 0.497 e. The zero-order valence-corrected chi connectivity index (χ0v) is 15.5. The molecule has 6 nitrogen and oxygen atoms in total. The third-order valence-corrected chi connectivity index (χ3v) is 3.71. The molecule has 0 aliphatic heterocycles. The average Bonchev–Trinajstić information content (AvgIpc) is 2.56. The van der Waals surface area contributed by atoms with Crippen LogP contribution in [0, 0.1) is 5.92 Å². The lowest BCUT2D eigenvalue weighted by Crippen LogP contribution is -2.47. The summed E-state index contributed by atoms with van der Waals surface area (Å²) in [6.07, 6.45) is 0.748. The summed E-state index contributed by atoms with van der Waals surface area (Å²) in [5.74, 6) is 0.246. The van der Waals surface area contributed by atoms with E-state index < -0.39 is 6.04 Å². The molecular formula is C17H28ClN3O3. The number of benzene rings is 1. The van der Waals surface area contributed by atoms with Crippen LogP contribution in [0.25, 0.3) is 0 Å². The smallest absolute Gasteiger partial charge is 0.239 e. The molecule has 1 rings (SSSR count). The maximum Gasteiger partial charge on any atom is 0.239 e. The Morgan fingerprint density at radius 1 is 1.21 bits per heavy atom. The van der Waals surface area contributed by atoms with Crippen LogP contribution >= 0.6 is 12.4 Å². The first-order valence-corrected chi connectivity index (χ1v) is 7.85. The lowest BCUT2D eigenvalue weighted by atomic mass is 10.0. The Kier molecular flexibility index (Phi) is 10.1. The van der Waals surface area contributed by atoms with Crippen LogP contribution in [0.5, 0.6) is 5.75 Å². The Bertz CT molecular complexity index is 520. The van der Waals surface area contributed by atoms with E-state index in [0.29, 0.717) is 0 Å². The number of hydrogen-bond donors (Lipinski definition) is 3. The Morgan fingerprint density at radius 2 is 1.79 bits per heavy atom. The monoisotopic (exact) mass is 357 g/mol. The van der Waals surface area contributed by atoms with Crippen molar-refractivity contribution in [1.82, 2.24) is 10.6 Å². The summed E-state index contributed by atoms with van der Waals surface area (Å²) in [7, 11) is 1.61. The Labute approximate surface area is 149 Å². The van der Waals surface area contributed by atoms with E-state index in [0.717, 1.165) is 17.7 Å². The van der Waals surface area contributed by atoms with E-state index >= 15 is 0 Å². The van der Waals surface area contributed by atoms with Gasteiger partial charge in [0.15, 0.2) is 0 Å². The van der Waals surface area contributed by atoms with Crippen LogP contribution < -0.4 is 21.1 Å². The zero-order chi connectivity index (χ0) is 17.4. The van der Waals surface area contributed by atoms with E-state index in [4.69, 9.17) is 10.5 Å². The van der Waals surface area contributed by atoms with Gasteiger partial charge in [0, 0.05) is 0 Å². The fraction of sp³-hybridized carbons (Fsp3) is 0.529. The maximum atomic E-state index is 12.0. The quantitative estimate of drug-likeness (QED) is 0.661. The molecule has 0 bridgehead atoms. The number of nitrogens with one attached hydrogen (secondary N) is 2. The molecular weight excluding hydrogens is 330 g/mol. The molecule has 0 aliphatic carbocycles. The molecule has 136 valence electrons. The fourth-order valence-electron chi connectivity index (χ4n) is 2.09. The number of halogens is 1. The summed E-state index contributed by atoms with van der Waals surface area (Å²) < 4.78 is 5.12. The molecule has 0 aromatic heterocycles. The van der Waals surface area contributed by atoms with E-state index in [2.05, 4.69) is 10.6 Å². The first-order chi connectivity index (χ1) is 10.9. The van der Waals surface area contributed by atoms with Crippen molar-refractivity contribution in [2.75, 3.05) is 13.7 Å². The second-order valence-corrected chi connectivity index (χ2v) is 5.79. The van der Waals surface area contributed by atoms with Crippen LogP contribution in [0.15, 0.2) is 24.3 Å². The molecule has 24 heavy (non-hydrogen) atoms. The second-order valence-electron chi connectivity index (χ2n) is 5.79. The predicted molar refractivity (Wildman–Crippen MR) is 97.2 cm³/mol. The molecule has 1 aromatic carbocycles. The molecule has 0 fully saturated rings. The number of methoxy groups -OCH3 is 1. The molecule has 0 saturated heterocycles. The number of nitrogens with two attached hydrogens (primary N) is 1. The van der Waals surface area contributed by atoms with Gasteiger partial charge in [-0.3, -0.25) is 9.59 Å². The summed E-state index contributed by atoms with van der Waals surface area (Å²) in [6.45, 7) is 5.64. The SMILES string of the molecule is CCC(NC(=O)CNC(=O)[C@@H](N)C(C)C)c1ccc(OC)cc1.Cl. The number of carbonyl (C=O) groups is 2. The van der Waals surface area contributed by atoms with E-state index in [1.807, 2.05) is 45.0 Å². The Hall–Kier alpha value is -1.79. The Morgan fingerprint density at radius 3 is 2.25 bits per heavy atom. The van der Waals surface area contributed by atoms with Gasteiger partial charge in [0.1, 0.15) is 5.75 Å². The molecule has 2 atom stereocenters. The second kappa shape index (κ2) is 10.9. The molecule has 1 aromatic rings. The summed E-state index contributed by atoms with van der Waals surface area (Å²) >= 11 is 0. The van der Waals surface area contributed by atoms with Gasteiger partial charge in [-0.2, -0.15) is 0 Å². The van der Waals surface area contributed by atoms with Crippen molar-refractivity contribution in [1.29, 1.82) is 0 Å². The highest BCUT2D eigenvalue weighted by Crippen LogP contribution is 2.19. The molecule has 4 N–H and O–H groups in total. The minimum Gasteiger partial charge on any atom is -0.497 e. The highest BCUT2D eigenvalue weighted by Gasteiger charge is 2.18. The van der Waals surface area contributed by atoms with Gasteiger partial charge in [0.05, 0.1) is 25.7 Å². The third-order valence-electron chi connectivity index (χ3n) is 3.71. The predicted octanol–water partition coefficient (Wildman–Crippen LogP) is 1.78. The lowest BCUT2D eigenvalue weighted by molar-refractivity contribution is -0.127. The summed E-state index contributed by atoms with van der Waals surface area (Å²) in [4.78, 5) is 23.8. The van der Waals surface area contributed by atoms with Gasteiger partial charge in [-0.25, -0.2) is 0 Å². The molecule has 0 aliphatic rings. The standard InChI is InChI=1S/C17H27N3O3.ClH/c1-5-14(12-6-8-13(23-4)9-7-12)20-15(21)10-19-17(22)16(18)11(2)3;/h6-9,11,14,16H,5,10,18H2,1-4H3,(H,19,22)(H,20,21);1H/t14?,16-;/m0./s1. The molecule has 7 heteroatoms. The van der Waals surface area contributed by atoms with Gasteiger partial charge in [-0.1, -0.05) is 32.9 Å². The number of amides is 2. The third kappa shape index (κ3) is 6.76. The van der Waals surface area contributed by atoms with Crippen LogP contribution in [0.2, 0.25) is 0 Å².